The summed E-state index contributed by atoms with van der Waals surface area (Å²) in [6, 6.07) is 4.17. The fourth-order valence-corrected chi connectivity index (χ4v) is 1.51. The molecule has 0 amide bonds. The highest BCUT2D eigenvalue weighted by molar-refractivity contribution is 5.94. The van der Waals surface area contributed by atoms with E-state index in [0.717, 1.165) is 0 Å². The third-order valence-electron chi connectivity index (χ3n) is 2.62. The van der Waals surface area contributed by atoms with Crippen LogP contribution in [0.1, 0.15) is 23.1 Å². The van der Waals surface area contributed by atoms with Gasteiger partial charge in [0.2, 0.25) is 0 Å². The Morgan fingerprint density at radius 2 is 2.28 bits per heavy atom. The van der Waals surface area contributed by atoms with Crippen LogP contribution >= 0.6 is 0 Å². The van der Waals surface area contributed by atoms with Gasteiger partial charge in [-0.15, -0.1) is 0 Å². The van der Waals surface area contributed by atoms with Crippen LogP contribution in [0.25, 0.3) is 0 Å². The molecule has 2 rings (SSSR count). The van der Waals surface area contributed by atoms with E-state index in [1.165, 1.54) is 19.1 Å². The molecule has 94 valence electrons. The van der Waals surface area contributed by atoms with Crippen molar-refractivity contribution in [3.8, 4) is 5.75 Å². The molecule has 2 aromatic rings. The first-order chi connectivity index (χ1) is 8.58. The van der Waals surface area contributed by atoms with Crippen molar-refractivity contribution in [2.24, 2.45) is 7.05 Å². The second-order valence-electron chi connectivity index (χ2n) is 3.94. The molecule has 5 heteroatoms. The predicted molar refractivity (Wildman–Crippen MR) is 63.9 cm³/mol. The number of halogens is 1. The molecule has 0 atom stereocenters. The van der Waals surface area contributed by atoms with Gasteiger partial charge in [-0.1, -0.05) is 0 Å². The average Bonchev–Trinajstić information content (AvgIpc) is 2.73. The summed E-state index contributed by atoms with van der Waals surface area (Å²) < 4.78 is 20.8. The van der Waals surface area contributed by atoms with Crippen molar-refractivity contribution in [1.82, 2.24) is 9.55 Å². The van der Waals surface area contributed by atoms with E-state index in [4.69, 9.17) is 4.74 Å². The van der Waals surface area contributed by atoms with Gasteiger partial charge in [0, 0.05) is 25.0 Å². The minimum atomic E-state index is -0.545. The number of carbonyl (C=O) groups excluding carboxylic acids is 1. The number of hydrogen-bond donors (Lipinski definition) is 0. The van der Waals surface area contributed by atoms with Gasteiger partial charge in [-0.3, -0.25) is 4.79 Å². The zero-order valence-corrected chi connectivity index (χ0v) is 10.2. The molecule has 0 fully saturated rings. The number of ketones is 1. The van der Waals surface area contributed by atoms with Gasteiger partial charge in [-0.2, -0.15) is 0 Å². The molecular weight excluding hydrogens is 235 g/mol. The van der Waals surface area contributed by atoms with Crippen LogP contribution in [0.15, 0.2) is 30.6 Å². The molecule has 1 aromatic heterocycles. The number of imidazole rings is 1. The molecular formula is C13H13FN2O2. The van der Waals surface area contributed by atoms with Crippen molar-refractivity contribution in [2.45, 2.75) is 13.5 Å². The van der Waals surface area contributed by atoms with E-state index in [0.29, 0.717) is 11.4 Å². The number of Topliss-reactive ketones (excluding diaryl/α,β-unsaturated/α-hetero) is 1. The van der Waals surface area contributed by atoms with Gasteiger partial charge in [0.15, 0.2) is 17.3 Å². The van der Waals surface area contributed by atoms with E-state index >= 15 is 0 Å². The third kappa shape index (κ3) is 2.56. The van der Waals surface area contributed by atoms with Crippen molar-refractivity contribution in [3.63, 3.8) is 0 Å². The molecule has 0 radical (unpaired) electrons. The van der Waals surface area contributed by atoms with Gasteiger partial charge >= 0.3 is 0 Å². The minimum Gasteiger partial charge on any atom is -0.483 e. The number of hydrogen-bond acceptors (Lipinski definition) is 3. The van der Waals surface area contributed by atoms with Crippen LogP contribution in [0, 0.1) is 5.82 Å². The van der Waals surface area contributed by atoms with Crippen molar-refractivity contribution in [1.29, 1.82) is 0 Å². The molecule has 0 saturated heterocycles. The number of nitrogens with zero attached hydrogens (tertiary/aromatic N) is 2. The van der Waals surface area contributed by atoms with Crippen LogP contribution in [-0.2, 0) is 13.7 Å². The average molecular weight is 248 g/mol. The summed E-state index contributed by atoms with van der Waals surface area (Å²) in [6.45, 7) is 1.57. The lowest BCUT2D eigenvalue weighted by atomic mass is 10.1. The lowest BCUT2D eigenvalue weighted by molar-refractivity contribution is 0.101. The zero-order chi connectivity index (χ0) is 13.1. The molecule has 0 aliphatic rings. The van der Waals surface area contributed by atoms with Crippen molar-refractivity contribution >= 4 is 5.78 Å². The largest absolute Gasteiger partial charge is 0.483 e. The summed E-state index contributed by atoms with van der Waals surface area (Å²) in [5.41, 5.74) is 0.330. The van der Waals surface area contributed by atoms with Gasteiger partial charge in [0.25, 0.3) is 0 Å². The van der Waals surface area contributed by atoms with E-state index in [2.05, 4.69) is 4.98 Å². The van der Waals surface area contributed by atoms with E-state index < -0.39 is 5.82 Å². The Labute approximate surface area is 104 Å². The molecule has 0 aliphatic heterocycles. The van der Waals surface area contributed by atoms with Gasteiger partial charge in [-0.05, 0) is 25.1 Å². The molecule has 0 unspecified atom stereocenters. The van der Waals surface area contributed by atoms with Gasteiger partial charge in [0.05, 0.1) is 0 Å². The molecule has 4 nitrogen and oxygen atoms in total. The molecule has 0 bridgehead atoms. The second kappa shape index (κ2) is 5.00. The number of benzene rings is 1. The van der Waals surface area contributed by atoms with Crippen LogP contribution in [0.2, 0.25) is 0 Å². The van der Waals surface area contributed by atoms with Crippen LogP contribution < -0.4 is 4.74 Å². The number of aromatic nitrogens is 2. The number of carbonyl (C=O) groups is 1. The second-order valence-corrected chi connectivity index (χ2v) is 3.94. The summed E-state index contributed by atoms with van der Waals surface area (Å²) in [6.07, 6.45) is 3.43. The standard InChI is InChI=1S/C13H13FN2O2/c1-9(17)10-3-4-12(11(14)7-10)18-8-13-15-5-6-16(13)2/h3-7H,8H2,1-2H3. The fourth-order valence-electron chi connectivity index (χ4n) is 1.51. The summed E-state index contributed by atoms with van der Waals surface area (Å²) in [5.74, 6) is 0.0921. The monoisotopic (exact) mass is 248 g/mol. The maximum absolute atomic E-state index is 13.6. The molecule has 1 heterocycles. The first kappa shape index (κ1) is 12.3. The highest BCUT2D eigenvalue weighted by Crippen LogP contribution is 2.19. The predicted octanol–water partition coefficient (Wildman–Crippen LogP) is 2.34. The first-order valence-electron chi connectivity index (χ1n) is 5.47. The van der Waals surface area contributed by atoms with Gasteiger partial charge < -0.3 is 9.30 Å². The molecule has 0 N–H and O–H groups in total. The van der Waals surface area contributed by atoms with Crippen molar-refractivity contribution in [3.05, 3.63) is 47.8 Å². The van der Waals surface area contributed by atoms with Crippen LogP contribution in [-0.4, -0.2) is 15.3 Å². The maximum Gasteiger partial charge on any atom is 0.165 e. The third-order valence-corrected chi connectivity index (χ3v) is 2.62. The first-order valence-corrected chi connectivity index (χ1v) is 5.47. The lowest BCUT2D eigenvalue weighted by Crippen LogP contribution is -2.04. The van der Waals surface area contributed by atoms with E-state index in [1.807, 2.05) is 7.05 Å². The van der Waals surface area contributed by atoms with Gasteiger partial charge in [0.1, 0.15) is 12.4 Å². The Bertz CT molecular complexity index is 578. The normalized spacial score (nSPS) is 10.4. The number of rotatable bonds is 4. The fraction of sp³-hybridized carbons (Fsp3) is 0.231. The number of ether oxygens (including phenoxy) is 1. The van der Waals surface area contributed by atoms with E-state index in [-0.39, 0.29) is 18.1 Å². The lowest BCUT2D eigenvalue weighted by Gasteiger charge is -2.07. The Morgan fingerprint density at radius 3 is 2.83 bits per heavy atom. The summed E-state index contributed by atoms with van der Waals surface area (Å²) >= 11 is 0. The Hall–Kier alpha value is -2.17. The van der Waals surface area contributed by atoms with Crippen molar-refractivity contribution < 1.29 is 13.9 Å². The summed E-state index contributed by atoms with van der Waals surface area (Å²) in [7, 11) is 1.83. The van der Waals surface area contributed by atoms with E-state index in [1.54, 1.807) is 23.0 Å². The molecule has 0 saturated carbocycles. The zero-order valence-electron chi connectivity index (χ0n) is 10.2. The molecule has 0 aliphatic carbocycles. The highest BCUT2D eigenvalue weighted by atomic mass is 19.1. The number of aryl methyl sites for hydroxylation is 1. The van der Waals surface area contributed by atoms with Gasteiger partial charge in [-0.25, -0.2) is 9.37 Å². The smallest absolute Gasteiger partial charge is 0.165 e. The molecule has 1 aromatic carbocycles. The Balaban J connectivity index is 2.11. The Morgan fingerprint density at radius 1 is 1.50 bits per heavy atom. The quantitative estimate of drug-likeness (QED) is 0.780. The van der Waals surface area contributed by atoms with Crippen LogP contribution in [0.3, 0.4) is 0 Å². The summed E-state index contributed by atoms with van der Waals surface area (Å²) in [5, 5.41) is 0. The molecule has 0 spiro atoms. The highest BCUT2D eigenvalue weighted by Gasteiger charge is 2.08. The maximum atomic E-state index is 13.6. The van der Waals surface area contributed by atoms with Crippen LogP contribution in [0.5, 0.6) is 5.75 Å². The van der Waals surface area contributed by atoms with Crippen molar-refractivity contribution in [2.75, 3.05) is 0 Å². The van der Waals surface area contributed by atoms with Crippen LogP contribution in [0.4, 0.5) is 4.39 Å². The van der Waals surface area contributed by atoms with E-state index in [9.17, 15) is 9.18 Å². The topological polar surface area (TPSA) is 44.1 Å². The SMILES string of the molecule is CC(=O)c1ccc(OCc2nccn2C)c(F)c1. The Kier molecular flexibility index (Phi) is 3.41. The minimum absolute atomic E-state index is 0.114. The molecule has 18 heavy (non-hydrogen) atoms. The summed E-state index contributed by atoms with van der Waals surface area (Å²) in [4.78, 5) is 15.1.